The molecule has 58 valence electrons. The number of amidine groups is 1. The largest absolute Gasteiger partial charge is 0.317 e. The molecule has 0 radical (unpaired) electrons. The number of hydrogen-bond acceptors (Lipinski definition) is 3. The lowest BCUT2D eigenvalue weighted by molar-refractivity contribution is 0.560. The van der Waals surface area contributed by atoms with Crippen LogP contribution >= 0.6 is 11.6 Å². The minimum Gasteiger partial charge on any atom is -0.317 e. The van der Waals surface area contributed by atoms with E-state index in [9.17, 15) is 0 Å². The zero-order valence-electron chi connectivity index (χ0n) is 6.00. The van der Waals surface area contributed by atoms with E-state index in [1.807, 2.05) is 4.90 Å². The highest BCUT2D eigenvalue weighted by atomic mass is 35.5. The lowest BCUT2D eigenvalue weighted by Gasteiger charge is -2.25. The maximum Gasteiger partial charge on any atom is 0.134 e. The molecule has 0 saturated heterocycles. The predicted octanol–water partition coefficient (Wildman–Crippen LogP) is 1.21. The number of nitrogens with zero attached hydrogens (tertiary/aromatic N) is 3. The Bertz CT molecular complexity index is 254. The van der Waals surface area contributed by atoms with Crippen LogP contribution < -0.4 is 0 Å². The van der Waals surface area contributed by atoms with Gasteiger partial charge in [0.05, 0.1) is 6.34 Å². The van der Waals surface area contributed by atoms with E-state index in [0.717, 1.165) is 25.3 Å². The summed E-state index contributed by atoms with van der Waals surface area (Å²) in [5, 5.41) is 0.516. The van der Waals surface area contributed by atoms with E-state index in [0.29, 0.717) is 5.16 Å². The van der Waals surface area contributed by atoms with Crippen LogP contribution in [0.3, 0.4) is 0 Å². The van der Waals surface area contributed by atoms with E-state index in [1.54, 1.807) is 12.4 Å². The highest BCUT2D eigenvalue weighted by Gasteiger charge is 2.14. The predicted molar refractivity (Wildman–Crippen MR) is 46.1 cm³/mol. The van der Waals surface area contributed by atoms with Crippen molar-refractivity contribution in [3.8, 4) is 0 Å². The van der Waals surface area contributed by atoms with E-state index in [-0.39, 0.29) is 0 Å². The third-order valence-corrected chi connectivity index (χ3v) is 1.90. The van der Waals surface area contributed by atoms with Crippen LogP contribution in [0.5, 0.6) is 0 Å². The third-order valence-electron chi connectivity index (χ3n) is 1.69. The molecule has 0 amide bonds. The number of hydrogen-bond donors (Lipinski definition) is 0. The lowest BCUT2D eigenvalue weighted by Crippen LogP contribution is -2.34. The smallest absolute Gasteiger partial charge is 0.134 e. The van der Waals surface area contributed by atoms with Gasteiger partial charge in [0.15, 0.2) is 0 Å². The van der Waals surface area contributed by atoms with E-state index in [4.69, 9.17) is 11.6 Å². The summed E-state index contributed by atoms with van der Waals surface area (Å²) in [4.78, 5) is 10.3. The van der Waals surface area contributed by atoms with Crippen LogP contribution in [-0.2, 0) is 0 Å². The molecule has 0 bridgehead atoms. The molecule has 2 rings (SSSR count). The van der Waals surface area contributed by atoms with E-state index in [1.165, 1.54) is 0 Å². The summed E-state index contributed by atoms with van der Waals surface area (Å²) < 4.78 is 0. The molecular formula is C7H8ClN3. The van der Waals surface area contributed by atoms with Gasteiger partial charge in [0.25, 0.3) is 0 Å². The molecule has 2 aliphatic rings. The van der Waals surface area contributed by atoms with Crippen LogP contribution in [0.1, 0.15) is 6.42 Å². The summed E-state index contributed by atoms with van der Waals surface area (Å²) in [6, 6.07) is 0. The summed E-state index contributed by atoms with van der Waals surface area (Å²) in [5.74, 6) is 0.941. The Morgan fingerprint density at radius 1 is 1.55 bits per heavy atom. The van der Waals surface area contributed by atoms with Crippen LogP contribution in [0, 0.1) is 0 Å². The van der Waals surface area contributed by atoms with Gasteiger partial charge in [0.2, 0.25) is 0 Å². The Hall–Kier alpha value is -0.830. The Balaban J connectivity index is 2.29. The monoisotopic (exact) mass is 169 g/mol. The first kappa shape index (κ1) is 6.85. The molecule has 0 N–H and O–H groups in total. The fourth-order valence-corrected chi connectivity index (χ4v) is 1.30. The summed E-state index contributed by atoms with van der Waals surface area (Å²) in [7, 11) is 0. The summed E-state index contributed by atoms with van der Waals surface area (Å²) in [6.07, 6.45) is 4.63. The Labute approximate surface area is 70.1 Å². The topological polar surface area (TPSA) is 28.0 Å². The van der Waals surface area contributed by atoms with Crippen LogP contribution in [0.15, 0.2) is 21.2 Å². The highest BCUT2D eigenvalue weighted by molar-refractivity contribution is 6.32. The minimum absolute atomic E-state index is 0.516. The second-order valence-electron chi connectivity index (χ2n) is 2.50. The molecule has 0 aromatic carbocycles. The molecule has 0 saturated carbocycles. The van der Waals surface area contributed by atoms with Crippen molar-refractivity contribution in [2.75, 3.05) is 13.1 Å². The SMILES string of the molecule is ClC1=CC2=NCCCN2C=N1. The third kappa shape index (κ3) is 1.28. The molecular weight excluding hydrogens is 162 g/mol. The zero-order valence-corrected chi connectivity index (χ0v) is 6.75. The molecule has 0 spiro atoms. The van der Waals surface area contributed by atoms with Crippen LogP contribution in [-0.4, -0.2) is 30.2 Å². The molecule has 11 heavy (non-hydrogen) atoms. The molecule has 4 heteroatoms. The van der Waals surface area contributed by atoms with Gasteiger partial charge in [-0.15, -0.1) is 0 Å². The maximum atomic E-state index is 5.69. The molecule has 3 nitrogen and oxygen atoms in total. The Morgan fingerprint density at radius 3 is 3.36 bits per heavy atom. The maximum absolute atomic E-state index is 5.69. The number of aliphatic imine (C=N–C) groups is 2. The van der Waals surface area contributed by atoms with E-state index in [2.05, 4.69) is 9.98 Å². The Kier molecular flexibility index (Phi) is 1.66. The average Bonchev–Trinajstić information content (AvgIpc) is 2.04. The molecule has 0 aliphatic carbocycles. The second kappa shape index (κ2) is 2.66. The van der Waals surface area contributed by atoms with Crippen molar-refractivity contribution in [1.29, 1.82) is 0 Å². The van der Waals surface area contributed by atoms with Crippen molar-refractivity contribution in [2.24, 2.45) is 9.98 Å². The molecule has 0 aromatic rings. The fourth-order valence-electron chi connectivity index (χ4n) is 1.15. The molecule has 0 aromatic heterocycles. The van der Waals surface area contributed by atoms with Crippen LogP contribution in [0.2, 0.25) is 0 Å². The van der Waals surface area contributed by atoms with Gasteiger partial charge in [-0.2, -0.15) is 0 Å². The van der Waals surface area contributed by atoms with Crippen molar-refractivity contribution in [2.45, 2.75) is 6.42 Å². The van der Waals surface area contributed by atoms with Gasteiger partial charge >= 0.3 is 0 Å². The van der Waals surface area contributed by atoms with Crippen molar-refractivity contribution < 1.29 is 0 Å². The first-order valence-corrected chi connectivity index (χ1v) is 3.96. The summed E-state index contributed by atoms with van der Waals surface area (Å²) in [5.41, 5.74) is 0. The molecule has 0 unspecified atom stereocenters. The quantitative estimate of drug-likeness (QED) is 0.501. The van der Waals surface area contributed by atoms with Crippen molar-refractivity contribution in [3.05, 3.63) is 11.2 Å². The molecule has 2 aliphatic heterocycles. The minimum atomic E-state index is 0.516. The Morgan fingerprint density at radius 2 is 2.45 bits per heavy atom. The standard InChI is InChI=1S/C7H8ClN3/c8-6-4-7-9-2-1-3-11(7)5-10-6/h4-5H,1-3H2. The summed E-state index contributed by atoms with van der Waals surface area (Å²) >= 11 is 5.69. The fraction of sp³-hybridized carbons (Fsp3) is 0.429. The second-order valence-corrected chi connectivity index (χ2v) is 2.89. The van der Waals surface area contributed by atoms with Gasteiger partial charge in [0, 0.05) is 19.2 Å². The van der Waals surface area contributed by atoms with Crippen molar-refractivity contribution in [3.63, 3.8) is 0 Å². The molecule has 2 heterocycles. The van der Waals surface area contributed by atoms with E-state index >= 15 is 0 Å². The normalized spacial score (nSPS) is 22.5. The van der Waals surface area contributed by atoms with Gasteiger partial charge in [-0.05, 0) is 6.42 Å². The zero-order chi connectivity index (χ0) is 7.68. The van der Waals surface area contributed by atoms with Crippen molar-refractivity contribution in [1.82, 2.24) is 4.90 Å². The van der Waals surface area contributed by atoms with Gasteiger partial charge in [0.1, 0.15) is 11.0 Å². The first-order chi connectivity index (χ1) is 5.36. The lowest BCUT2D eigenvalue weighted by atomic mass is 10.3. The van der Waals surface area contributed by atoms with Crippen LogP contribution in [0.4, 0.5) is 0 Å². The van der Waals surface area contributed by atoms with Gasteiger partial charge in [-0.1, -0.05) is 11.6 Å². The van der Waals surface area contributed by atoms with Crippen molar-refractivity contribution >= 4 is 23.8 Å². The number of halogens is 1. The highest BCUT2D eigenvalue weighted by Crippen LogP contribution is 2.12. The van der Waals surface area contributed by atoms with Crippen LogP contribution in [0.25, 0.3) is 0 Å². The molecule has 0 fully saturated rings. The first-order valence-electron chi connectivity index (χ1n) is 3.59. The number of fused-ring (bicyclic) bond motifs is 1. The van der Waals surface area contributed by atoms with Gasteiger partial charge in [-0.3, -0.25) is 4.99 Å². The summed E-state index contributed by atoms with van der Waals surface area (Å²) in [6.45, 7) is 1.91. The van der Waals surface area contributed by atoms with Gasteiger partial charge < -0.3 is 4.90 Å². The van der Waals surface area contributed by atoms with Gasteiger partial charge in [-0.25, -0.2) is 4.99 Å². The molecule has 0 atom stereocenters. The number of rotatable bonds is 0. The van der Waals surface area contributed by atoms with E-state index < -0.39 is 0 Å². The average molecular weight is 170 g/mol.